The maximum atomic E-state index is 13.3. The molecule has 1 aromatic heterocycles. The van der Waals surface area contributed by atoms with Gasteiger partial charge >= 0.3 is 6.09 Å². The zero-order chi connectivity index (χ0) is 22.8. The van der Waals surface area contributed by atoms with E-state index in [4.69, 9.17) is 21.1 Å². The number of nitrogens with zero attached hydrogens (tertiary/aromatic N) is 1. The first-order chi connectivity index (χ1) is 16.1. The number of benzene rings is 2. The van der Waals surface area contributed by atoms with Crippen molar-refractivity contribution in [2.24, 2.45) is 5.92 Å². The molecule has 172 valence electrons. The Morgan fingerprint density at radius 1 is 1.18 bits per heavy atom. The number of hydrogen-bond acceptors (Lipinski definition) is 3. The first kappa shape index (κ1) is 21.9. The Balaban J connectivity index is 1.48. The molecule has 5 nitrogen and oxygen atoms in total. The minimum Gasteiger partial charge on any atom is -0.490 e. The van der Waals surface area contributed by atoms with Crippen molar-refractivity contribution in [3.05, 3.63) is 77.0 Å². The Kier molecular flexibility index (Phi) is 6.32. The number of hydrogen-bond donors (Lipinski definition) is 1. The van der Waals surface area contributed by atoms with E-state index < -0.39 is 0 Å². The number of H-pyrrole nitrogens is 1. The molecule has 1 saturated carbocycles. The number of carbonyl (C=O) groups excluding carboxylic acids is 1. The van der Waals surface area contributed by atoms with Crippen LogP contribution in [-0.4, -0.2) is 35.7 Å². The third-order valence-corrected chi connectivity index (χ3v) is 7.04. The Hall–Kier alpha value is -2.92. The minimum absolute atomic E-state index is 0.249. The molecule has 0 spiro atoms. The zero-order valence-electron chi connectivity index (χ0n) is 18.7. The summed E-state index contributed by atoms with van der Waals surface area (Å²) >= 11 is 6.29. The molecule has 1 unspecified atom stereocenters. The molecule has 33 heavy (non-hydrogen) atoms. The molecule has 2 heterocycles. The van der Waals surface area contributed by atoms with Gasteiger partial charge in [-0.25, -0.2) is 4.79 Å². The number of amides is 1. The van der Waals surface area contributed by atoms with Crippen LogP contribution >= 0.6 is 11.6 Å². The van der Waals surface area contributed by atoms with Gasteiger partial charge in [0.1, 0.15) is 18.4 Å². The van der Waals surface area contributed by atoms with E-state index in [9.17, 15) is 4.79 Å². The highest BCUT2D eigenvalue weighted by Crippen LogP contribution is 2.40. The van der Waals surface area contributed by atoms with Crippen LogP contribution in [0.5, 0.6) is 5.75 Å². The number of fused-ring (bicyclic) bond motifs is 3. The summed E-state index contributed by atoms with van der Waals surface area (Å²) in [5, 5.41) is 1.83. The lowest BCUT2D eigenvalue weighted by atomic mass is 9.92. The molecule has 0 radical (unpaired) electrons. The Morgan fingerprint density at radius 3 is 2.73 bits per heavy atom. The summed E-state index contributed by atoms with van der Waals surface area (Å²) in [4.78, 5) is 18.7. The van der Waals surface area contributed by atoms with Gasteiger partial charge in [0.25, 0.3) is 0 Å². The van der Waals surface area contributed by atoms with Crippen molar-refractivity contribution in [2.75, 3.05) is 19.8 Å². The summed E-state index contributed by atoms with van der Waals surface area (Å²) in [5.41, 5.74) is 4.28. The van der Waals surface area contributed by atoms with E-state index >= 15 is 0 Å². The molecule has 1 atom stereocenters. The second kappa shape index (κ2) is 9.52. The molecule has 1 fully saturated rings. The fourth-order valence-electron chi connectivity index (χ4n) is 5.15. The molecule has 6 heteroatoms. The van der Waals surface area contributed by atoms with E-state index in [0.717, 1.165) is 47.2 Å². The summed E-state index contributed by atoms with van der Waals surface area (Å²) in [7, 11) is 0. The van der Waals surface area contributed by atoms with E-state index in [1.807, 2.05) is 47.4 Å². The maximum absolute atomic E-state index is 13.3. The predicted octanol–water partition coefficient (Wildman–Crippen LogP) is 6.66. The molecule has 0 bridgehead atoms. The average molecular weight is 465 g/mol. The van der Waals surface area contributed by atoms with Crippen LogP contribution in [0.25, 0.3) is 10.9 Å². The van der Waals surface area contributed by atoms with E-state index in [0.29, 0.717) is 30.7 Å². The van der Waals surface area contributed by atoms with Crippen LogP contribution in [0.1, 0.15) is 48.5 Å². The smallest absolute Gasteiger partial charge is 0.410 e. The number of aromatic amines is 1. The summed E-state index contributed by atoms with van der Waals surface area (Å²) < 4.78 is 11.5. The van der Waals surface area contributed by atoms with Crippen LogP contribution in [0.3, 0.4) is 0 Å². The summed E-state index contributed by atoms with van der Waals surface area (Å²) in [6, 6.07) is 13.6. The van der Waals surface area contributed by atoms with Crippen LogP contribution < -0.4 is 4.74 Å². The van der Waals surface area contributed by atoms with Crippen molar-refractivity contribution >= 4 is 28.6 Å². The number of ether oxygens (including phenoxy) is 2. The molecule has 1 aliphatic heterocycles. The van der Waals surface area contributed by atoms with Gasteiger partial charge in [-0.1, -0.05) is 49.2 Å². The fourth-order valence-corrected chi connectivity index (χ4v) is 5.33. The lowest BCUT2D eigenvalue weighted by molar-refractivity contribution is 0.0763. The second-order valence-corrected chi connectivity index (χ2v) is 9.39. The number of rotatable bonds is 6. The van der Waals surface area contributed by atoms with Gasteiger partial charge in [0, 0.05) is 28.2 Å². The molecular weight excluding hydrogens is 436 g/mol. The van der Waals surface area contributed by atoms with Crippen molar-refractivity contribution in [2.45, 2.75) is 38.1 Å². The highest BCUT2D eigenvalue weighted by molar-refractivity contribution is 6.31. The van der Waals surface area contributed by atoms with Gasteiger partial charge in [-0.3, -0.25) is 4.90 Å². The van der Waals surface area contributed by atoms with Crippen molar-refractivity contribution in [3.63, 3.8) is 0 Å². The van der Waals surface area contributed by atoms with Crippen LogP contribution in [0, 0.1) is 5.92 Å². The fraction of sp³-hybridized carbons (Fsp3) is 0.370. The molecule has 0 saturated heterocycles. The lowest BCUT2D eigenvalue weighted by Crippen LogP contribution is -2.41. The highest BCUT2D eigenvalue weighted by atomic mass is 35.5. The van der Waals surface area contributed by atoms with Gasteiger partial charge in [-0.05, 0) is 66.6 Å². The van der Waals surface area contributed by atoms with Gasteiger partial charge < -0.3 is 14.5 Å². The zero-order valence-corrected chi connectivity index (χ0v) is 19.4. The van der Waals surface area contributed by atoms with Crippen LogP contribution in [0.15, 0.2) is 55.1 Å². The predicted molar refractivity (Wildman–Crippen MR) is 131 cm³/mol. The van der Waals surface area contributed by atoms with Gasteiger partial charge in [-0.15, -0.1) is 0 Å². The third kappa shape index (κ3) is 4.47. The average Bonchev–Trinajstić information content (AvgIpc) is 3.48. The highest BCUT2D eigenvalue weighted by Gasteiger charge is 2.36. The molecule has 2 aliphatic rings. The van der Waals surface area contributed by atoms with E-state index in [1.54, 1.807) is 6.08 Å². The largest absolute Gasteiger partial charge is 0.490 e. The van der Waals surface area contributed by atoms with Crippen molar-refractivity contribution < 1.29 is 14.3 Å². The Labute approximate surface area is 199 Å². The van der Waals surface area contributed by atoms with Crippen LogP contribution in [-0.2, 0) is 11.2 Å². The topological polar surface area (TPSA) is 54.6 Å². The molecule has 1 amide bonds. The van der Waals surface area contributed by atoms with E-state index in [1.165, 1.54) is 18.4 Å². The summed E-state index contributed by atoms with van der Waals surface area (Å²) in [6.45, 7) is 5.25. The quantitative estimate of drug-likeness (QED) is 0.415. The van der Waals surface area contributed by atoms with E-state index in [2.05, 4.69) is 11.6 Å². The summed E-state index contributed by atoms with van der Waals surface area (Å²) in [5.74, 6) is 1.26. The first-order valence-corrected chi connectivity index (χ1v) is 12.1. The molecule has 5 rings (SSSR count). The molecular formula is C27H29ClN2O3. The minimum atomic E-state index is -0.260. The summed E-state index contributed by atoms with van der Waals surface area (Å²) in [6.07, 6.45) is 6.99. The van der Waals surface area contributed by atoms with Gasteiger partial charge in [-0.2, -0.15) is 0 Å². The third-order valence-electron chi connectivity index (χ3n) is 6.80. The van der Waals surface area contributed by atoms with Gasteiger partial charge in [0.2, 0.25) is 0 Å². The number of halogens is 1. The molecule has 2 aromatic carbocycles. The Morgan fingerprint density at radius 2 is 1.97 bits per heavy atom. The monoisotopic (exact) mass is 464 g/mol. The van der Waals surface area contributed by atoms with Gasteiger partial charge in [0.05, 0.1) is 6.61 Å². The van der Waals surface area contributed by atoms with Crippen molar-refractivity contribution in [3.8, 4) is 5.75 Å². The first-order valence-electron chi connectivity index (χ1n) is 11.7. The standard InChI is InChI=1S/C27H29ClN2O3/c1-2-15-32-21-10-7-19(8-11-21)26-25-22(23-16-20(28)9-12-24(23)29-25)13-14-30(26)27(31)33-17-18-5-3-4-6-18/h2,7-12,16,18,26,29H,1,3-6,13-15,17H2. The number of aromatic nitrogens is 1. The van der Waals surface area contributed by atoms with E-state index in [-0.39, 0.29) is 12.1 Å². The lowest BCUT2D eigenvalue weighted by Gasteiger charge is -2.35. The van der Waals surface area contributed by atoms with Crippen molar-refractivity contribution in [1.29, 1.82) is 0 Å². The number of carbonyl (C=O) groups is 1. The molecule has 1 aliphatic carbocycles. The van der Waals surface area contributed by atoms with Crippen molar-refractivity contribution in [1.82, 2.24) is 9.88 Å². The second-order valence-electron chi connectivity index (χ2n) is 8.95. The normalized spacial score (nSPS) is 18.3. The van der Waals surface area contributed by atoms with Crippen LogP contribution in [0.4, 0.5) is 4.79 Å². The SMILES string of the molecule is C=CCOc1ccc(C2c3[nH]c4ccc(Cl)cc4c3CCN2C(=O)OCC2CCCC2)cc1. The number of nitrogens with one attached hydrogen (secondary N) is 1. The molecule has 1 N–H and O–H groups in total. The van der Waals surface area contributed by atoms with Gasteiger partial charge in [0.15, 0.2) is 0 Å². The van der Waals surface area contributed by atoms with Crippen LogP contribution in [0.2, 0.25) is 5.02 Å². The Bertz CT molecular complexity index is 1150. The molecule has 3 aromatic rings. The maximum Gasteiger partial charge on any atom is 0.410 e.